The zero-order valence-electron chi connectivity index (χ0n) is 15.8. The third-order valence-corrected chi connectivity index (χ3v) is 6.91. The van der Waals surface area contributed by atoms with E-state index < -0.39 is 10.0 Å². The summed E-state index contributed by atoms with van der Waals surface area (Å²) in [6, 6.07) is 12.2. The van der Waals surface area contributed by atoms with E-state index >= 15 is 0 Å². The summed E-state index contributed by atoms with van der Waals surface area (Å²) in [4.78, 5) is 15.1. The van der Waals surface area contributed by atoms with Crippen LogP contribution in [-0.2, 0) is 21.2 Å². The second-order valence-electron chi connectivity index (χ2n) is 7.02. The standard InChI is InChI=1S/C20H25N3O3S/c1-14(15-9-11-16(12-10-15)27(25,26)22(2)3)20(24)23-13-5-6-17-18(21)7-4-8-19(17)23/h4,7-12,14H,5-6,13,21H2,1-3H3. The van der Waals surface area contributed by atoms with Gasteiger partial charge in [0.2, 0.25) is 15.9 Å². The molecule has 0 radical (unpaired) electrons. The van der Waals surface area contributed by atoms with Gasteiger partial charge in [0.05, 0.1) is 10.8 Å². The fraction of sp³-hybridized carbons (Fsp3) is 0.350. The van der Waals surface area contributed by atoms with Crippen LogP contribution < -0.4 is 10.6 Å². The molecule has 0 spiro atoms. The van der Waals surface area contributed by atoms with E-state index in [-0.39, 0.29) is 16.7 Å². The van der Waals surface area contributed by atoms with Gasteiger partial charge in [0.1, 0.15) is 0 Å². The van der Waals surface area contributed by atoms with Gasteiger partial charge in [-0.1, -0.05) is 18.2 Å². The van der Waals surface area contributed by atoms with Crippen molar-refractivity contribution in [2.45, 2.75) is 30.6 Å². The molecule has 1 aliphatic heterocycles. The zero-order valence-corrected chi connectivity index (χ0v) is 16.7. The van der Waals surface area contributed by atoms with Crippen LogP contribution in [0.25, 0.3) is 0 Å². The normalized spacial score (nSPS) is 15.5. The third-order valence-electron chi connectivity index (χ3n) is 5.08. The van der Waals surface area contributed by atoms with Gasteiger partial charge in [0, 0.05) is 32.0 Å². The minimum atomic E-state index is -3.48. The Labute approximate surface area is 160 Å². The van der Waals surface area contributed by atoms with Gasteiger partial charge in [-0.25, -0.2) is 12.7 Å². The number of hydrogen-bond acceptors (Lipinski definition) is 4. The van der Waals surface area contributed by atoms with E-state index in [0.29, 0.717) is 6.54 Å². The molecule has 0 aromatic heterocycles. The van der Waals surface area contributed by atoms with Gasteiger partial charge in [0.15, 0.2) is 0 Å². The Bertz CT molecular complexity index is 953. The van der Waals surface area contributed by atoms with E-state index in [0.717, 1.165) is 35.3 Å². The fourth-order valence-electron chi connectivity index (χ4n) is 3.40. The summed E-state index contributed by atoms with van der Waals surface area (Å²) in [5.41, 5.74) is 9.48. The first-order valence-corrected chi connectivity index (χ1v) is 10.4. The quantitative estimate of drug-likeness (QED) is 0.818. The topological polar surface area (TPSA) is 83.7 Å². The highest BCUT2D eigenvalue weighted by molar-refractivity contribution is 7.89. The first-order chi connectivity index (χ1) is 12.7. The van der Waals surface area contributed by atoms with Crippen molar-refractivity contribution in [3.63, 3.8) is 0 Å². The number of anilines is 2. The summed E-state index contributed by atoms with van der Waals surface area (Å²) in [6.07, 6.45) is 1.75. The summed E-state index contributed by atoms with van der Waals surface area (Å²) in [6.45, 7) is 2.51. The smallest absolute Gasteiger partial charge is 0.242 e. The molecule has 0 saturated heterocycles. The molecule has 2 aromatic carbocycles. The van der Waals surface area contributed by atoms with Crippen LogP contribution in [0, 0.1) is 0 Å². The Balaban J connectivity index is 1.86. The molecule has 2 aromatic rings. The molecular weight excluding hydrogens is 362 g/mol. The summed E-state index contributed by atoms with van der Waals surface area (Å²) < 4.78 is 25.6. The monoisotopic (exact) mass is 387 g/mol. The minimum Gasteiger partial charge on any atom is -0.398 e. The number of hydrogen-bond donors (Lipinski definition) is 1. The predicted octanol–water partition coefficient (Wildman–Crippen LogP) is 2.60. The van der Waals surface area contributed by atoms with E-state index in [4.69, 9.17) is 5.73 Å². The first kappa shape index (κ1) is 19.4. The molecule has 7 heteroatoms. The van der Waals surface area contributed by atoms with Gasteiger partial charge in [0.25, 0.3) is 0 Å². The highest BCUT2D eigenvalue weighted by Gasteiger charge is 2.28. The highest BCUT2D eigenvalue weighted by atomic mass is 32.2. The van der Waals surface area contributed by atoms with Crippen LogP contribution >= 0.6 is 0 Å². The maximum Gasteiger partial charge on any atom is 0.242 e. The van der Waals surface area contributed by atoms with Crippen LogP contribution in [0.2, 0.25) is 0 Å². The van der Waals surface area contributed by atoms with Gasteiger partial charge in [-0.05, 0) is 55.2 Å². The Morgan fingerprint density at radius 1 is 1.15 bits per heavy atom. The maximum absolute atomic E-state index is 13.1. The number of fused-ring (bicyclic) bond motifs is 1. The molecule has 0 saturated carbocycles. The van der Waals surface area contributed by atoms with Crippen LogP contribution in [0.5, 0.6) is 0 Å². The summed E-state index contributed by atoms with van der Waals surface area (Å²) in [5, 5.41) is 0. The predicted molar refractivity (Wildman–Crippen MR) is 107 cm³/mol. The molecule has 1 aliphatic rings. The van der Waals surface area contributed by atoms with E-state index in [1.807, 2.05) is 25.1 Å². The second kappa shape index (κ2) is 7.32. The van der Waals surface area contributed by atoms with Crippen LogP contribution in [0.4, 0.5) is 11.4 Å². The van der Waals surface area contributed by atoms with Crippen LogP contribution in [0.15, 0.2) is 47.4 Å². The number of nitrogens with two attached hydrogens (primary N) is 1. The van der Waals surface area contributed by atoms with Gasteiger partial charge in [-0.2, -0.15) is 0 Å². The summed E-state index contributed by atoms with van der Waals surface area (Å²) in [5.74, 6) is -0.391. The molecule has 2 N–H and O–H groups in total. The van der Waals surface area contributed by atoms with Crippen molar-refractivity contribution < 1.29 is 13.2 Å². The Kier molecular flexibility index (Phi) is 5.26. The van der Waals surface area contributed by atoms with Crippen molar-refractivity contribution in [3.05, 3.63) is 53.6 Å². The van der Waals surface area contributed by atoms with E-state index in [1.165, 1.54) is 18.4 Å². The average Bonchev–Trinajstić information content (AvgIpc) is 2.67. The lowest BCUT2D eigenvalue weighted by Crippen LogP contribution is -2.38. The molecule has 0 aliphatic carbocycles. The third kappa shape index (κ3) is 3.57. The number of nitrogen functional groups attached to an aromatic ring is 1. The first-order valence-electron chi connectivity index (χ1n) is 8.94. The summed E-state index contributed by atoms with van der Waals surface area (Å²) >= 11 is 0. The molecule has 6 nitrogen and oxygen atoms in total. The number of carbonyl (C=O) groups is 1. The van der Waals surface area contributed by atoms with Crippen molar-refractivity contribution in [2.24, 2.45) is 0 Å². The molecule has 0 fully saturated rings. The lowest BCUT2D eigenvalue weighted by molar-refractivity contribution is -0.119. The summed E-state index contributed by atoms with van der Waals surface area (Å²) in [7, 11) is -0.491. The van der Waals surface area contributed by atoms with E-state index in [9.17, 15) is 13.2 Å². The largest absolute Gasteiger partial charge is 0.398 e. The lowest BCUT2D eigenvalue weighted by atomic mass is 9.95. The van der Waals surface area contributed by atoms with Gasteiger partial charge in [-0.15, -0.1) is 0 Å². The van der Waals surface area contributed by atoms with Gasteiger partial charge < -0.3 is 10.6 Å². The van der Waals surface area contributed by atoms with Crippen molar-refractivity contribution >= 4 is 27.3 Å². The molecule has 1 atom stereocenters. The SMILES string of the molecule is CC(C(=O)N1CCCc2c(N)cccc21)c1ccc(S(=O)(=O)N(C)C)cc1. The molecule has 144 valence electrons. The number of rotatable bonds is 4. The number of benzene rings is 2. The van der Waals surface area contributed by atoms with Crippen molar-refractivity contribution in [1.29, 1.82) is 0 Å². The Morgan fingerprint density at radius 2 is 1.81 bits per heavy atom. The average molecular weight is 388 g/mol. The zero-order chi connectivity index (χ0) is 19.8. The van der Waals surface area contributed by atoms with E-state index in [1.54, 1.807) is 29.2 Å². The molecule has 0 bridgehead atoms. The van der Waals surface area contributed by atoms with Crippen molar-refractivity contribution in [3.8, 4) is 0 Å². The second-order valence-corrected chi connectivity index (χ2v) is 9.17. The lowest BCUT2D eigenvalue weighted by Gasteiger charge is -2.32. The Hall–Kier alpha value is -2.38. The molecule has 1 unspecified atom stereocenters. The maximum atomic E-state index is 13.1. The van der Waals surface area contributed by atoms with Gasteiger partial charge >= 0.3 is 0 Å². The number of amides is 1. The van der Waals surface area contributed by atoms with E-state index in [2.05, 4.69) is 0 Å². The van der Waals surface area contributed by atoms with Crippen LogP contribution in [-0.4, -0.2) is 39.3 Å². The minimum absolute atomic E-state index is 0.00948. The Morgan fingerprint density at radius 3 is 2.44 bits per heavy atom. The van der Waals surface area contributed by atoms with Crippen molar-refractivity contribution in [2.75, 3.05) is 31.3 Å². The molecule has 3 rings (SSSR count). The highest BCUT2D eigenvalue weighted by Crippen LogP contribution is 2.33. The fourth-order valence-corrected chi connectivity index (χ4v) is 4.30. The molecule has 1 amide bonds. The number of nitrogens with zero attached hydrogens (tertiary/aromatic N) is 2. The molecule has 27 heavy (non-hydrogen) atoms. The van der Waals surface area contributed by atoms with Gasteiger partial charge in [-0.3, -0.25) is 4.79 Å². The molecule has 1 heterocycles. The van der Waals surface area contributed by atoms with Crippen LogP contribution in [0.1, 0.15) is 30.4 Å². The van der Waals surface area contributed by atoms with Crippen LogP contribution in [0.3, 0.4) is 0 Å². The van der Waals surface area contributed by atoms with Crippen molar-refractivity contribution in [1.82, 2.24) is 4.31 Å². The number of sulfonamides is 1. The molecular formula is C20H25N3O3S. The number of carbonyl (C=O) groups excluding carboxylic acids is 1.